The monoisotopic (exact) mass is 304 g/mol. The van der Waals surface area contributed by atoms with E-state index < -0.39 is 5.60 Å². The minimum absolute atomic E-state index is 0.156. The zero-order valence-corrected chi connectivity index (χ0v) is 13.3. The third-order valence-corrected chi connectivity index (χ3v) is 4.69. The van der Waals surface area contributed by atoms with Crippen molar-refractivity contribution in [1.82, 2.24) is 5.32 Å². The van der Waals surface area contributed by atoms with Gasteiger partial charge in [-0.2, -0.15) is 0 Å². The number of nitrogens with zero attached hydrogens (tertiary/aromatic N) is 1. The molecule has 5 heteroatoms. The molecule has 21 heavy (non-hydrogen) atoms. The molecule has 4 nitrogen and oxygen atoms in total. The summed E-state index contributed by atoms with van der Waals surface area (Å²) in [5.74, 6) is 1.54. The lowest BCUT2D eigenvalue weighted by atomic mass is 10.1. The summed E-state index contributed by atoms with van der Waals surface area (Å²) in [5.41, 5.74) is 1.83. The Labute approximate surface area is 129 Å². The fourth-order valence-electron chi connectivity index (χ4n) is 2.61. The fraction of sp³-hybridized carbons (Fsp3) is 0.500. The molecule has 0 aromatic heterocycles. The van der Waals surface area contributed by atoms with E-state index in [1.807, 2.05) is 6.07 Å². The van der Waals surface area contributed by atoms with Gasteiger partial charge >= 0.3 is 0 Å². The molecule has 1 aromatic carbocycles. The standard InChI is InChI=1S/C16H20N2O2S/c1-16(2,14(19)18-15-17-8-9-21-15)20-13-7-6-11-4-3-5-12(11)10-13/h6-7,10H,3-5,8-9H2,1-2H3,(H,17,18,19). The van der Waals surface area contributed by atoms with Gasteiger partial charge in [-0.25, -0.2) is 0 Å². The number of amides is 1. The van der Waals surface area contributed by atoms with E-state index >= 15 is 0 Å². The van der Waals surface area contributed by atoms with Crippen LogP contribution >= 0.6 is 11.8 Å². The van der Waals surface area contributed by atoms with Crippen LogP contribution in [-0.2, 0) is 17.6 Å². The van der Waals surface area contributed by atoms with Gasteiger partial charge in [0.2, 0.25) is 0 Å². The zero-order valence-electron chi connectivity index (χ0n) is 12.4. The molecule has 0 saturated carbocycles. The largest absolute Gasteiger partial charge is 0.478 e. The molecule has 3 rings (SSSR count). The molecular weight excluding hydrogens is 284 g/mol. The number of ether oxygens (including phenoxy) is 1. The summed E-state index contributed by atoms with van der Waals surface area (Å²) in [5, 5.41) is 3.54. The summed E-state index contributed by atoms with van der Waals surface area (Å²) in [6, 6.07) is 6.14. The fourth-order valence-corrected chi connectivity index (χ4v) is 3.33. The number of fused-ring (bicyclic) bond motifs is 1. The minimum atomic E-state index is -0.918. The van der Waals surface area contributed by atoms with E-state index in [1.165, 1.54) is 17.5 Å². The molecular formula is C16H20N2O2S. The molecule has 0 radical (unpaired) electrons. The van der Waals surface area contributed by atoms with Crippen LogP contribution < -0.4 is 10.1 Å². The predicted molar refractivity (Wildman–Crippen MR) is 86.1 cm³/mol. The average Bonchev–Trinajstić information content (AvgIpc) is 3.08. The van der Waals surface area contributed by atoms with E-state index in [9.17, 15) is 4.79 Å². The van der Waals surface area contributed by atoms with Gasteiger partial charge in [-0.05, 0) is 56.4 Å². The molecule has 1 aromatic rings. The highest BCUT2D eigenvalue weighted by Gasteiger charge is 2.31. The Kier molecular flexibility index (Phi) is 3.93. The molecule has 1 heterocycles. The smallest absolute Gasteiger partial charge is 0.269 e. The Bertz CT molecular complexity index is 596. The van der Waals surface area contributed by atoms with E-state index in [2.05, 4.69) is 22.4 Å². The normalized spacial score (nSPS) is 17.3. The number of nitrogens with one attached hydrogen (secondary N) is 1. The van der Waals surface area contributed by atoms with Crippen molar-refractivity contribution in [3.63, 3.8) is 0 Å². The number of rotatable bonds is 3. The molecule has 0 bridgehead atoms. The van der Waals surface area contributed by atoms with Crippen molar-refractivity contribution in [2.75, 3.05) is 12.3 Å². The lowest BCUT2D eigenvalue weighted by molar-refractivity contribution is -0.132. The van der Waals surface area contributed by atoms with Crippen LogP contribution in [0.2, 0.25) is 0 Å². The molecule has 0 unspecified atom stereocenters. The summed E-state index contributed by atoms with van der Waals surface area (Å²) in [6.45, 7) is 4.35. The van der Waals surface area contributed by atoms with Crippen molar-refractivity contribution in [3.8, 4) is 5.75 Å². The highest BCUT2D eigenvalue weighted by molar-refractivity contribution is 8.14. The van der Waals surface area contributed by atoms with Crippen molar-refractivity contribution in [2.45, 2.75) is 38.7 Å². The number of aryl methyl sites for hydroxylation is 2. The Morgan fingerprint density at radius 1 is 1.33 bits per heavy atom. The first-order chi connectivity index (χ1) is 10.0. The molecule has 1 aliphatic heterocycles. The molecule has 0 atom stereocenters. The quantitative estimate of drug-likeness (QED) is 0.933. The number of hydrogen-bond acceptors (Lipinski definition) is 4. The number of thioether (sulfide) groups is 1. The van der Waals surface area contributed by atoms with Gasteiger partial charge in [0.25, 0.3) is 5.91 Å². The summed E-state index contributed by atoms with van der Waals surface area (Å²) in [4.78, 5) is 16.6. The number of amidine groups is 1. The van der Waals surface area contributed by atoms with E-state index in [1.54, 1.807) is 25.6 Å². The Balaban J connectivity index is 1.68. The van der Waals surface area contributed by atoms with E-state index in [-0.39, 0.29) is 5.91 Å². The van der Waals surface area contributed by atoms with Gasteiger partial charge in [0.15, 0.2) is 10.8 Å². The van der Waals surface area contributed by atoms with Gasteiger partial charge in [0.05, 0.1) is 6.54 Å². The first-order valence-electron chi connectivity index (χ1n) is 7.34. The van der Waals surface area contributed by atoms with Gasteiger partial charge in [-0.15, -0.1) is 0 Å². The van der Waals surface area contributed by atoms with Crippen molar-refractivity contribution in [3.05, 3.63) is 29.3 Å². The minimum Gasteiger partial charge on any atom is -0.478 e. The Morgan fingerprint density at radius 3 is 2.90 bits per heavy atom. The number of hydrogen-bond donors (Lipinski definition) is 1. The second-order valence-electron chi connectivity index (χ2n) is 5.89. The van der Waals surface area contributed by atoms with E-state index in [0.29, 0.717) is 5.17 Å². The second kappa shape index (κ2) is 5.72. The Hall–Kier alpha value is -1.49. The van der Waals surface area contributed by atoms with Crippen LogP contribution in [-0.4, -0.2) is 29.0 Å². The molecule has 1 aliphatic carbocycles. The van der Waals surface area contributed by atoms with Crippen molar-refractivity contribution in [2.24, 2.45) is 4.99 Å². The van der Waals surface area contributed by atoms with Gasteiger partial charge < -0.3 is 10.1 Å². The predicted octanol–water partition coefficient (Wildman–Crippen LogP) is 2.55. The zero-order chi connectivity index (χ0) is 14.9. The molecule has 0 spiro atoms. The summed E-state index contributed by atoms with van der Waals surface area (Å²) < 4.78 is 5.92. The van der Waals surface area contributed by atoms with Crippen LogP contribution in [0.25, 0.3) is 0 Å². The molecule has 112 valence electrons. The molecule has 1 amide bonds. The van der Waals surface area contributed by atoms with Crippen LogP contribution in [0.3, 0.4) is 0 Å². The van der Waals surface area contributed by atoms with Gasteiger partial charge in [0.1, 0.15) is 5.75 Å². The molecule has 1 N–H and O–H groups in total. The number of carbonyl (C=O) groups excluding carboxylic acids is 1. The summed E-state index contributed by atoms with van der Waals surface area (Å²) >= 11 is 1.57. The molecule has 2 aliphatic rings. The number of aliphatic imine (C=N–C) groups is 1. The number of benzene rings is 1. The SMILES string of the molecule is CC(C)(Oc1ccc2c(c1)CCC2)C(=O)NC1=NCCS1. The Morgan fingerprint density at radius 2 is 2.14 bits per heavy atom. The maximum atomic E-state index is 12.3. The number of carbonyl (C=O) groups is 1. The van der Waals surface area contributed by atoms with Crippen LogP contribution in [0.15, 0.2) is 23.2 Å². The summed E-state index contributed by atoms with van der Waals surface area (Å²) in [7, 11) is 0. The van der Waals surface area contributed by atoms with Crippen molar-refractivity contribution < 1.29 is 9.53 Å². The second-order valence-corrected chi connectivity index (χ2v) is 6.97. The highest BCUT2D eigenvalue weighted by Crippen LogP contribution is 2.28. The third-order valence-electron chi connectivity index (χ3n) is 3.80. The van der Waals surface area contributed by atoms with E-state index in [0.717, 1.165) is 30.9 Å². The van der Waals surface area contributed by atoms with Crippen LogP contribution in [0.4, 0.5) is 0 Å². The maximum Gasteiger partial charge on any atom is 0.269 e. The van der Waals surface area contributed by atoms with Crippen molar-refractivity contribution >= 4 is 22.8 Å². The van der Waals surface area contributed by atoms with Crippen LogP contribution in [0.5, 0.6) is 5.75 Å². The summed E-state index contributed by atoms with van der Waals surface area (Å²) in [6.07, 6.45) is 3.46. The lowest BCUT2D eigenvalue weighted by Crippen LogP contribution is -2.47. The topological polar surface area (TPSA) is 50.7 Å². The van der Waals surface area contributed by atoms with Gasteiger partial charge in [-0.1, -0.05) is 17.8 Å². The third kappa shape index (κ3) is 3.23. The first kappa shape index (κ1) is 14.4. The van der Waals surface area contributed by atoms with Crippen LogP contribution in [0.1, 0.15) is 31.4 Å². The van der Waals surface area contributed by atoms with Crippen LogP contribution in [0, 0.1) is 0 Å². The first-order valence-corrected chi connectivity index (χ1v) is 8.33. The molecule has 0 fully saturated rings. The average molecular weight is 304 g/mol. The highest BCUT2D eigenvalue weighted by atomic mass is 32.2. The van der Waals surface area contributed by atoms with Crippen molar-refractivity contribution in [1.29, 1.82) is 0 Å². The van der Waals surface area contributed by atoms with E-state index in [4.69, 9.17) is 4.74 Å². The van der Waals surface area contributed by atoms with Gasteiger partial charge in [0, 0.05) is 5.75 Å². The van der Waals surface area contributed by atoms with Gasteiger partial charge in [-0.3, -0.25) is 9.79 Å². The maximum absolute atomic E-state index is 12.3. The lowest BCUT2D eigenvalue weighted by Gasteiger charge is -2.25. The molecule has 0 saturated heterocycles.